The summed E-state index contributed by atoms with van der Waals surface area (Å²) >= 11 is 1.71. The molecule has 1 aromatic carbocycles. The highest BCUT2D eigenvalue weighted by molar-refractivity contribution is 7.98. The fourth-order valence-corrected chi connectivity index (χ4v) is 6.28. The minimum Gasteiger partial charge on any atom is -0.393 e. The minimum atomic E-state index is -0.264. The molecular weight excluding hydrogens is 518 g/mol. The first kappa shape index (κ1) is 26.8. The van der Waals surface area contributed by atoms with E-state index < -0.39 is 0 Å². The summed E-state index contributed by atoms with van der Waals surface area (Å²) < 4.78 is 1.90. The van der Waals surface area contributed by atoms with Gasteiger partial charge < -0.3 is 19.3 Å². The predicted octanol–water partition coefficient (Wildman–Crippen LogP) is 6.10. The number of allylic oxidation sites excluding steroid dienone is 1. The number of aromatic nitrogens is 3. The molecule has 0 radical (unpaired) electrons. The van der Waals surface area contributed by atoms with Gasteiger partial charge in [0.25, 0.3) is 5.91 Å². The van der Waals surface area contributed by atoms with Crippen LogP contribution in [0.15, 0.2) is 71.4 Å². The van der Waals surface area contributed by atoms with Crippen molar-refractivity contribution in [3.05, 3.63) is 77.8 Å². The molecule has 3 aromatic heterocycles. The lowest BCUT2D eigenvalue weighted by Gasteiger charge is -2.33. The van der Waals surface area contributed by atoms with Crippen LogP contribution in [0.1, 0.15) is 61.0 Å². The van der Waals surface area contributed by atoms with Crippen molar-refractivity contribution in [1.29, 1.82) is 0 Å². The Labute approximate surface area is 239 Å². The van der Waals surface area contributed by atoms with Crippen molar-refractivity contribution in [3.8, 4) is 0 Å². The maximum atomic E-state index is 14.0. The number of hydrogen-bond donors (Lipinski definition) is 1. The summed E-state index contributed by atoms with van der Waals surface area (Å²) in [4.78, 5) is 29.3. The van der Waals surface area contributed by atoms with Gasteiger partial charge in [-0.1, -0.05) is 23.8 Å². The summed E-state index contributed by atoms with van der Waals surface area (Å²) in [5.41, 5.74) is 4.68. The van der Waals surface area contributed by atoms with E-state index in [1.807, 2.05) is 39.9 Å². The number of fused-ring (bicyclic) bond motifs is 2. The number of thioether (sulfide) groups is 1. The van der Waals surface area contributed by atoms with E-state index >= 15 is 0 Å². The number of aliphatic hydroxyl groups is 1. The van der Waals surface area contributed by atoms with E-state index in [-0.39, 0.29) is 12.0 Å². The molecule has 40 heavy (non-hydrogen) atoms. The molecule has 0 bridgehead atoms. The quantitative estimate of drug-likeness (QED) is 0.209. The third-order valence-electron chi connectivity index (χ3n) is 8.16. The standard InChI is InChI=1S/C32H37N5O2S/c1-40-27-11-10-24-19-25(31(34-28(24)20-27)35-17-13-26(38)14-18-35)21-37(16-12-23-7-3-2-4-8-23)32(39)29-22-36-15-6-5-9-30(36)33-29/h5-7,9-11,15,19-20,22,26,38H,2-4,8,12-14,16-18,21H2,1H3. The van der Waals surface area contributed by atoms with Crippen LogP contribution >= 0.6 is 11.8 Å². The predicted molar refractivity (Wildman–Crippen MR) is 162 cm³/mol. The number of carbonyl (C=O) groups is 1. The molecule has 0 atom stereocenters. The summed E-state index contributed by atoms with van der Waals surface area (Å²) in [6, 6.07) is 14.4. The molecule has 0 saturated carbocycles. The lowest BCUT2D eigenvalue weighted by atomic mass is 9.97. The molecule has 4 heterocycles. The number of nitrogens with zero attached hydrogens (tertiary/aromatic N) is 5. The number of aliphatic hydroxyl groups excluding tert-OH is 1. The van der Waals surface area contributed by atoms with Gasteiger partial charge in [-0.05, 0) is 81.5 Å². The van der Waals surface area contributed by atoms with E-state index in [0.29, 0.717) is 18.8 Å². The Kier molecular flexibility index (Phi) is 8.07. The zero-order valence-electron chi connectivity index (χ0n) is 23.1. The van der Waals surface area contributed by atoms with E-state index in [2.05, 4.69) is 46.5 Å². The lowest BCUT2D eigenvalue weighted by Crippen LogP contribution is -2.38. The Hall–Kier alpha value is -3.36. The number of piperidine rings is 1. The molecule has 1 saturated heterocycles. The van der Waals surface area contributed by atoms with Crippen molar-refractivity contribution in [2.45, 2.75) is 62.5 Å². The highest BCUT2D eigenvalue weighted by atomic mass is 32.2. The molecule has 1 N–H and O–H groups in total. The smallest absolute Gasteiger partial charge is 0.274 e. The SMILES string of the molecule is CSc1ccc2cc(CN(CCC3=CCCCC3)C(=O)c3cn4ccccc4n3)c(N3CCC(O)CC3)nc2c1. The van der Waals surface area contributed by atoms with Gasteiger partial charge in [0, 0.05) is 54.4 Å². The second-order valence-corrected chi connectivity index (χ2v) is 11.8. The van der Waals surface area contributed by atoms with Crippen LogP contribution in [0.4, 0.5) is 5.82 Å². The van der Waals surface area contributed by atoms with Crippen molar-refractivity contribution in [3.63, 3.8) is 0 Å². The molecule has 0 unspecified atom stereocenters. The normalized spacial score (nSPS) is 16.4. The third-order valence-corrected chi connectivity index (χ3v) is 8.89. The van der Waals surface area contributed by atoms with Gasteiger partial charge in [-0.15, -0.1) is 11.8 Å². The van der Waals surface area contributed by atoms with E-state index in [0.717, 1.165) is 73.1 Å². The number of anilines is 1. The van der Waals surface area contributed by atoms with Gasteiger partial charge in [-0.25, -0.2) is 9.97 Å². The fraction of sp³-hybridized carbons (Fsp3) is 0.406. The topological polar surface area (TPSA) is 74.0 Å². The first-order valence-corrected chi connectivity index (χ1v) is 15.6. The molecular formula is C32H37N5O2S. The molecule has 4 aromatic rings. The van der Waals surface area contributed by atoms with Crippen LogP contribution in [-0.2, 0) is 6.54 Å². The van der Waals surface area contributed by atoms with Crippen molar-refractivity contribution >= 4 is 40.0 Å². The molecule has 1 aliphatic carbocycles. The summed E-state index contributed by atoms with van der Waals surface area (Å²) in [6.07, 6.45) is 15.0. The number of carbonyl (C=O) groups excluding carboxylic acids is 1. The molecule has 1 aliphatic heterocycles. The fourth-order valence-electron chi connectivity index (χ4n) is 5.84. The van der Waals surface area contributed by atoms with Crippen LogP contribution in [0.3, 0.4) is 0 Å². The van der Waals surface area contributed by atoms with Crippen LogP contribution < -0.4 is 4.90 Å². The second-order valence-electron chi connectivity index (χ2n) is 10.9. The second kappa shape index (κ2) is 12.0. The van der Waals surface area contributed by atoms with Crippen LogP contribution in [0.5, 0.6) is 0 Å². The largest absolute Gasteiger partial charge is 0.393 e. The highest BCUT2D eigenvalue weighted by Crippen LogP contribution is 2.30. The van der Waals surface area contributed by atoms with E-state index in [9.17, 15) is 9.90 Å². The maximum absolute atomic E-state index is 14.0. The van der Waals surface area contributed by atoms with Gasteiger partial charge in [0.15, 0.2) is 0 Å². The molecule has 6 rings (SSSR count). The van der Waals surface area contributed by atoms with Gasteiger partial charge >= 0.3 is 0 Å². The first-order chi connectivity index (χ1) is 19.6. The molecule has 7 nitrogen and oxygen atoms in total. The maximum Gasteiger partial charge on any atom is 0.274 e. The number of benzene rings is 1. The van der Waals surface area contributed by atoms with Gasteiger partial charge in [0.2, 0.25) is 0 Å². The van der Waals surface area contributed by atoms with E-state index in [1.165, 1.54) is 23.3 Å². The number of rotatable bonds is 8. The van der Waals surface area contributed by atoms with E-state index in [1.54, 1.807) is 11.8 Å². The zero-order chi connectivity index (χ0) is 27.5. The molecule has 0 spiro atoms. The number of amides is 1. The van der Waals surface area contributed by atoms with Crippen molar-refractivity contribution < 1.29 is 9.90 Å². The number of pyridine rings is 2. The van der Waals surface area contributed by atoms with Crippen LogP contribution in [0.2, 0.25) is 0 Å². The van der Waals surface area contributed by atoms with Crippen LogP contribution in [0, 0.1) is 0 Å². The Morgan fingerprint density at radius 3 is 2.77 bits per heavy atom. The van der Waals surface area contributed by atoms with E-state index in [4.69, 9.17) is 4.98 Å². The van der Waals surface area contributed by atoms with Crippen molar-refractivity contribution in [1.82, 2.24) is 19.3 Å². The summed E-state index contributed by atoms with van der Waals surface area (Å²) in [7, 11) is 0. The van der Waals surface area contributed by atoms with Crippen molar-refractivity contribution in [2.24, 2.45) is 0 Å². The average molecular weight is 556 g/mol. The molecule has 1 fully saturated rings. The first-order valence-electron chi connectivity index (χ1n) is 14.4. The molecule has 208 valence electrons. The molecule has 2 aliphatic rings. The Morgan fingerprint density at radius 2 is 2.00 bits per heavy atom. The van der Waals surface area contributed by atoms with Crippen molar-refractivity contribution in [2.75, 3.05) is 30.8 Å². The number of imidazole rings is 1. The number of hydrogen-bond acceptors (Lipinski definition) is 6. The Bertz CT molecular complexity index is 1510. The zero-order valence-corrected chi connectivity index (χ0v) is 23.9. The lowest BCUT2D eigenvalue weighted by molar-refractivity contribution is 0.0739. The van der Waals surface area contributed by atoms with Gasteiger partial charge in [-0.3, -0.25) is 4.79 Å². The summed E-state index contributed by atoms with van der Waals surface area (Å²) in [5, 5.41) is 11.2. The van der Waals surface area contributed by atoms with Gasteiger partial charge in [0.05, 0.1) is 11.6 Å². The summed E-state index contributed by atoms with van der Waals surface area (Å²) in [6.45, 7) is 2.60. The third kappa shape index (κ3) is 5.88. The van der Waals surface area contributed by atoms with Crippen LogP contribution in [-0.4, -0.2) is 62.3 Å². The highest BCUT2D eigenvalue weighted by Gasteiger charge is 2.25. The minimum absolute atomic E-state index is 0.0575. The molecule has 1 amide bonds. The van der Waals surface area contributed by atoms with Gasteiger partial charge in [0.1, 0.15) is 17.2 Å². The van der Waals surface area contributed by atoms with Gasteiger partial charge in [-0.2, -0.15) is 0 Å². The monoisotopic (exact) mass is 555 g/mol. The Morgan fingerprint density at radius 1 is 1.12 bits per heavy atom. The Balaban J connectivity index is 1.37. The van der Waals surface area contributed by atoms with Crippen LogP contribution in [0.25, 0.3) is 16.6 Å². The summed E-state index contributed by atoms with van der Waals surface area (Å²) in [5.74, 6) is 0.861. The molecule has 8 heteroatoms. The average Bonchev–Trinajstić information content (AvgIpc) is 3.44.